The Hall–Kier alpha value is -1.49. The number of nitrogens with two attached hydrogens (primary N) is 1. The first-order valence-corrected chi connectivity index (χ1v) is 7.18. The van der Waals surface area contributed by atoms with Crippen LogP contribution in [-0.2, 0) is 13.6 Å². The molecule has 0 aromatic carbocycles. The molecule has 0 atom stereocenters. The van der Waals surface area contributed by atoms with E-state index in [0.29, 0.717) is 6.04 Å². The minimum atomic E-state index is 0.627. The molecule has 1 saturated carbocycles. The first-order chi connectivity index (χ1) is 8.66. The van der Waals surface area contributed by atoms with Gasteiger partial charge in [0.2, 0.25) is 0 Å². The zero-order valence-corrected chi connectivity index (χ0v) is 11.6. The second-order valence-electron chi connectivity index (χ2n) is 4.94. The number of rotatable bonds is 4. The molecule has 1 aliphatic rings. The Balaban J connectivity index is 1.94. The van der Waals surface area contributed by atoms with Crippen molar-refractivity contribution in [1.29, 1.82) is 0 Å². The third-order valence-corrected chi connectivity index (χ3v) is 4.16. The molecule has 0 saturated heterocycles. The Labute approximate surface area is 111 Å². The van der Waals surface area contributed by atoms with E-state index in [4.69, 9.17) is 5.73 Å². The van der Waals surface area contributed by atoms with Crippen molar-refractivity contribution in [2.24, 2.45) is 7.05 Å². The topological polar surface area (TPSA) is 47.1 Å². The Bertz CT molecular complexity index is 540. The average molecular weight is 262 g/mol. The Morgan fingerprint density at radius 2 is 2.33 bits per heavy atom. The summed E-state index contributed by atoms with van der Waals surface area (Å²) in [5.74, 6) is 1.07. The van der Waals surface area contributed by atoms with Gasteiger partial charge in [-0.15, -0.1) is 0 Å². The van der Waals surface area contributed by atoms with Crippen LogP contribution in [0.3, 0.4) is 0 Å². The van der Waals surface area contributed by atoms with Crippen LogP contribution >= 0.6 is 11.3 Å². The van der Waals surface area contributed by atoms with E-state index in [2.05, 4.69) is 26.8 Å². The minimum absolute atomic E-state index is 0.627. The van der Waals surface area contributed by atoms with E-state index in [0.717, 1.165) is 23.7 Å². The smallest absolute Gasteiger partial charge is 0.150 e. The van der Waals surface area contributed by atoms with Crippen LogP contribution in [0.5, 0.6) is 0 Å². The highest BCUT2D eigenvalue weighted by Gasteiger charge is 2.32. The fraction of sp³-hybridized carbons (Fsp3) is 0.462. The number of nitrogen functional groups attached to an aromatic ring is 1. The predicted molar refractivity (Wildman–Crippen MR) is 75.9 cm³/mol. The van der Waals surface area contributed by atoms with Gasteiger partial charge in [0, 0.05) is 19.6 Å². The first-order valence-electron chi connectivity index (χ1n) is 6.23. The summed E-state index contributed by atoms with van der Waals surface area (Å²) in [6.07, 6.45) is 2.52. The highest BCUT2D eigenvalue weighted by Crippen LogP contribution is 2.37. The summed E-state index contributed by atoms with van der Waals surface area (Å²) < 4.78 is 1.91. The summed E-state index contributed by atoms with van der Waals surface area (Å²) in [6, 6.07) is 2.81. The number of thiophene rings is 1. The van der Waals surface area contributed by atoms with E-state index in [9.17, 15) is 0 Å². The molecule has 18 heavy (non-hydrogen) atoms. The molecule has 0 radical (unpaired) electrons. The van der Waals surface area contributed by atoms with Crippen LogP contribution in [0, 0.1) is 6.92 Å². The average Bonchev–Trinajstić information content (AvgIpc) is 2.99. The molecule has 2 heterocycles. The Morgan fingerprint density at radius 1 is 1.56 bits per heavy atom. The lowest BCUT2D eigenvalue weighted by Gasteiger charge is -2.24. The Morgan fingerprint density at radius 3 is 2.83 bits per heavy atom. The number of hydrogen-bond acceptors (Lipinski definition) is 4. The van der Waals surface area contributed by atoms with Crippen molar-refractivity contribution in [3.05, 3.63) is 28.1 Å². The van der Waals surface area contributed by atoms with Crippen molar-refractivity contribution in [3.63, 3.8) is 0 Å². The lowest BCUT2D eigenvalue weighted by Crippen LogP contribution is -2.27. The molecule has 1 aliphatic carbocycles. The zero-order chi connectivity index (χ0) is 12.7. The molecule has 0 aliphatic heterocycles. The second-order valence-corrected chi connectivity index (χ2v) is 5.72. The van der Waals surface area contributed by atoms with Gasteiger partial charge in [0.05, 0.1) is 11.4 Å². The van der Waals surface area contributed by atoms with Gasteiger partial charge in [0.15, 0.2) is 5.82 Å². The van der Waals surface area contributed by atoms with Crippen LogP contribution in [0.4, 0.5) is 11.5 Å². The highest BCUT2D eigenvalue weighted by molar-refractivity contribution is 7.07. The van der Waals surface area contributed by atoms with Gasteiger partial charge in [-0.05, 0) is 42.2 Å². The number of aryl methyl sites for hydroxylation is 2. The number of aromatic nitrogens is 2. The summed E-state index contributed by atoms with van der Waals surface area (Å²) in [5.41, 5.74) is 9.27. The molecule has 0 amide bonds. The maximum Gasteiger partial charge on any atom is 0.150 e. The molecule has 0 spiro atoms. The summed E-state index contributed by atoms with van der Waals surface area (Å²) in [7, 11) is 1.97. The van der Waals surface area contributed by atoms with Gasteiger partial charge in [0.1, 0.15) is 0 Å². The lowest BCUT2D eigenvalue weighted by atomic mass is 10.3. The van der Waals surface area contributed by atoms with Crippen LogP contribution in [0.2, 0.25) is 0 Å². The third-order valence-electron chi connectivity index (χ3n) is 3.43. The van der Waals surface area contributed by atoms with Crippen molar-refractivity contribution >= 4 is 22.8 Å². The fourth-order valence-corrected chi connectivity index (χ4v) is 3.01. The summed E-state index contributed by atoms with van der Waals surface area (Å²) in [5, 5.41) is 8.75. The molecular formula is C13H18N4S. The van der Waals surface area contributed by atoms with Crippen LogP contribution in [-0.4, -0.2) is 15.8 Å². The molecule has 3 rings (SSSR count). The van der Waals surface area contributed by atoms with Gasteiger partial charge in [0.25, 0.3) is 0 Å². The molecule has 1 fully saturated rings. The van der Waals surface area contributed by atoms with Crippen LogP contribution in [0.15, 0.2) is 16.8 Å². The molecule has 0 unspecified atom stereocenters. The highest BCUT2D eigenvalue weighted by atomic mass is 32.1. The standard InChI is InChI=1S/C13H18N4S/c1-9-12(14)13(16(2)15-9)17(11-3-4-11)7-10-5-6-18-8-10/h5-6,8,11H,3-4,7,14H2,1-2H3. The fourth-order valence-electron chi connectivity index (χ4n) is 2.35. The van der Waals surface area contributed by atoms with Crippen molar-refractivity contribution in [2.75, 3.05) is 10.6 Å². The van der Waals surface area contributed by atoms with Crippen LogP contribution < -0.4 is 10.6 Å². The Kier molecular flexibility index (Phi) is 2.78. The SMILES string of the molecule is Cc1nn(C)c(N(Cc2ccsc2)C2CC2)c1N. The zero-order valence-electron chi connectivity index (χ0n) is 10.8. The van der Waals surface area contributed by atoms with Gasteiger partial charge in [-0.2, -0.15) is 16.4 Å². The molecule has 2 aromatic heterocycles. The molecule has 5 heteroatoms. The molecule has 0 bridgehead atoms. The third kappa shape index (κ3) is 1.99. The number of anilines is 2. The predicted octanol–water partition coefficient (Wildman–Crippen LogP) is 2.54. The maximum atomic E-state index is 6.18. The molecule has 2 N–H and O–H groups in total. The van der Waals surface area contributed by atoms with Crippen molar-refractivity contribution in [2.45, 2.75) is 32.4 Å². The molecule has 96 valence electrons. The minimum Gasteiger partial charge on any atom is -0.394 e. The molecule has 4 nitrogen and oxygen atoms in total. The van der Waals surface area contributed by atoms with Gasteiger partial charge < -0.3 is 10.6 Å². The van der Waals surface area contributed by atoms with Crippen molar-refractivity contribution in [3.8, 4) is 0 Å². The summed E-state index contributed by atoms with van der Waals surface area (Å²) in [6.45, 7) is 2.89. The van der Waals surface area contributed by atoms with Crippen molar-refractivity contribution < 1.29 is 0 Å². The number of nitrogens with zero attached hydrogens (tertiary/aromatic N) is 3. The molecular weight excluding hydrogens is 244 g/mol. The van der Waals surface area contributed by atoms with Crippen LogP contribution in [0.1, 0.15) is 24.1 Å². The van der Waals surface area contributed by atoms with E-state index in [-0.39, 0.29) is 0 Å². The quantitative estimate of drug-likeness (QED) is 0.921. The van der Waals surface area contributed by atoms with E-state index in [1.807, 2.05) is 18.7 Å². The normalized spacial score (nSPS) is 15.0. The van der Waals surface area contributed by atoms with Gasteiger partial charge in [-0.1, -0.05) is 0 Å². The van der Waals surface area contributed by atoms with E-state index in [1.54, 1.807) is 11.3 Å². The monoisotopic (exact) mass is 262 g/mol. The summed E-state index contributed by atoms with van der Waals surface area (Å²) in [4.78, 5) is 2.40. The van der Waals surface area contributed by atoms with Gasteiger partial charge in [-0.3, -0.25) is 4.68 Å². The van der Waals surface area contributed by atoms with Crippen molar-refractivity contribution in [1.82, 2.24) is 9.78 Å². The number of hydrogen-bond donors (Lipinski definition) is 1. The first kappa shape index (κ1) is 11.6. The summed E-state index contributed by atoms with van der Waals surface area (Å²) >= 11 is 1.74. The second kappa shape index (κ2) is 4.31. The van der Waals surface area contributed by atoms with Gasteiger partial charge >= 0.3 is 0 Å². The van der Waals surface area contributed by atoms with Gasteiger partial charge in [-0.25, -0.2) is 0 Å². The maximum absolute atomic E-state index is 6.18. The van der Waals surface area contributed by atoms with Crippen LogP contribution in [0.25, 0.3) is 0 Å². The lowest BCUT2D eigenvalue weighted by molar-refractivity contribution is 0.692. The molecule has 2 aromatic rings. The largest absolute Gasteiger partial charge is 0.394 e. The van der Waals surface area contributed by atoms with E-state index >= 15 is 0 Å². The van der Waals surface area contributed by atoms with E-state index < -0.39 is 0 Å². The van der Waals surface area contributed by atoms with E-state index in [1.165, 1.54) is 18.4 Å².